The molecule has 0 saturated heterocycles. The molecule has 4 nitrogen and oxygen atoms in total. The highest BCUT2D eigenvalue weighted by molar-refractivity contribution is 5.75. The van der Waals surface area contributed by atoms with E-state index in [-0.39, 0.29) is 5.91 Å². The molecular formula is C11H24N2O2. The van der Waals surface area contributed by atoms with Crippen molar-refractivity contribution in [2.24, 2.45) is 0 Å². The van der Waals surface area contributed by atoms with Crippen LogP contribution in [-0.4, -0.2) is 47.7 Å². The molecule has 0 fully saturated rings. The van der Waals surface area contributed by atoms with Crippen LogP contribution in [0.1, 0.15) is 34.1 Å². The Morgan fingerprint density at radius 2 is 2.00 bits per heavy atom. The Balaban J connectivity index is 3.85. The van der Waals surface area contributed by atoms with E-state index in [0.717, 1.165) is 6.54 Å². The van der Waals surface area contributed by atoms with E-state index < -0.39 is 5.60 Å². The maximum absolute atomic E-state index is 11.2. The Labute approximate surface area is 92.7 Å². The van der Waals surface area contributed by atoms with Gasteiger partial charge in [0.2, 0.25) is 5.91 Å². The number of hydrogen-bond donors (Lipinski definition) is 2. The Hall–Kier alpha value is -0.610. The Kier molecular flexibility index (Phi) is 6.52. The Bertz CT molecular complexity index is 188. The van der Waals surface area contributed by atoms with E-state index in [0.29, 0.717) is 26.1 Å². The van der Waals surface area contributed by atoms with E-state index in [4.69, 9.17) is 0 Å². The highest BCUT2D eigenvalue weighted by atomic mass is 16.3. The summed E-state index contributed by atoms with van der Waals surface area (Å²) in [6.07, 6.45) is 0.498. The molecule has 0 bridgehead atoms. The molecule has 0 atom stereocenters. The Morgan fingerprint density at radius 1 is 1.40 bits per heavy atom. The van der Waals surface area contributed by atoms with Crippen molar-refractivity contribution in [2.75, 3.05) is 26.2 Å². The van der Waals surface area contributed by atoms with Crippen LogP contribution in [0.2, 0.25) is 0 Å². The zero-order valence-corrected chi connectivity index (χ0v) is 10.3. The number of aliphatic hydroxyl groups is 1. The van der Waals surface area contributed by atoms with Gasteiger partial charge in [-0.05, 0) is 27.3 Å². The number of rotatable bonds is 7. The van der Waals surface area contributed by atoms with Gasteiger partial charge in [-0.15, -0.1) is 0 Å². The smallest absolute Gasteiger partial charge is 0.221 e. The SMILES string of the molecule is CCNC(=O)CCN(CC)CC(C)(C)O. The van der Waals surface area contributed by atoms with Crippen molar-refractivity contribution in [2.45, 2.75) is 39.7 Å². The minimum absolute atomic E-state index is 0.0756. The molecule has 0 rings (SSSR count). The molecule has 0 unspecified atom stereocenters. The molecule has 0 heterocycles. The Morgan fingerprint density at radius 3 is 2.40 bits per heavy atom. The fourth-order valence-corrected chi connectivity index (χ4v) is 1.44. The molecule has 0 aliphatic rings. The first-order valence-corrected chi connectivity index (χ1v) is 5.60. The lowest BCUT2D eigenvalue weighted by molar-refractivity contribution is -0.121. The first kappa shape index (κ1) is 14.4. The quantitative estimate of drug-likeness (QED) is 0.655. The number of nitrogens with one attached hydrogen (secondary N) is 1. The number of carbonyl (C=O) groups excluding carboxylic acids is 1. The van der Waals surface area contributed by atoms with Crippen molar-refractivity contribution in [1.29, 1.82) is 0 Å². The normalized spacial score (nSPS) is 11.9. The van der Waals surface area contributed by atoms with Gasteiger partial charge in [-0.3, -0.25) is 4.79 Å². The molecule has 0 spiro atoms. The summed E-state index contributed by atoms with van der Waals surface area (Å²) in [6, 6.07) is 0. The third-order valence-electron chi connectivity index (χ3n) is 2.09. The summed E-state index contributed by atoms with van der Waals surface area (Å²) >= 11 is 0. The largest absolute Gasteiger partial charge is 0.389 e. The molecule has 2 N–H and O–H groups in total. The molecule has 15 heavy (non-hydrogen) atoms. The van der Waals surface area contributed by atoms with Crippen molar-refractivity contribution in [3.63, 3.8) is 0 Å². The summed E-state index contributed by atoms with van der Waals surface area (Å²) in [6.45, 7) is 10.3. The topological polar surface area (TPSA) is 52.6 Å². The molecule has 4 heteroatoms. The van der Waals surface area contributed by atoms with Gasteiger partial charge >= 0.3 is 0 Å². The molecule has 0 aliphatic carbocycles. The van der Waals surface area contributed by atoms with Crippen LogP contribution in [0, 0.1) is 0 Å². The van der Waals surface area contributed by atoms with Crippen molar-refractivity contribution >= 4 is 5.91 Å². The van der Waals surface area contributed by atoms with Crippen LogP contribution in [0.3, 0.4) is 0 Å². The number of hydrogen-bond acceptors (Lipinski definition) is 3. The highest BCUT2D eigenvalue weighted by Gasteiger charge is 2.17. The third kappa shape index (κ3) is 8.39. The maximum Gasteiger partial charge on any atom is 0.221 e. The average Bonchev–Trinajstić information content (AvgIpc) is 2.11. The monoisotopic (exact) mass is 216 g/mol. The summed E-state index contributed by atoms with van der Waals surface area (Å²) in [7, 11) is 0. The third-order valence-corrected chi connectivity index (χ3v) is 2.09. The van der Waals surface area contributed by atoms with Gasteiger partial charge in [0.1, 0.15) is 0 Å². The van der Waals surface area contributed by atoms with E-state index in [1.807, 2.05) is 13.8 Å². The van der Waals surface area contributed by atoms with Crippen LogP contribution in [-0.2, 0) is 4.79 Å². The molecule has 0 aromatic heterocycles. The predicted octanol–water partition coefficient (Wildman–Crippen LogP) is 0.605. The fraction of sp³-hybridized carbons (Fsp3) is 0.909. The zero-order valence-electron chi connectivity index (χ0n) is 10.3. The highest BCUT2D eigenvalue weighted by Crippen LogP contribution is 2.04. The summed E-state index contributed by atoms with van der Waals surface area (Å²) in [5, 5.41) is 12.4. The van der Waals surface area contributed by atoms with Gasteiger partial charge in [-0.2, -0.15) is 0 Å². The van der Waals surface area contributed by atoms with Crippen LogP contribution in [0.15, 0.2) is 0 Å². The fourth-order valence-electron chi connectivity index (χ4n) is 1.44. The van der Waals surface area contributed by atoms with Crippen LogP contribution < -0.4 is 5.32 Å². The van der Waals surface area contributed by atoms with E-state index >= 15 is 0 Å². The number of amides is 1. The van der Waals surface area contributed by atoms with Crippen molar-refractivity contribution < 1.29 is 9.90 Å². The first-order valence-electron chi connectivity index (χ1n) is 5.60. The summed E-state index contributed by atoms with van der Waals surface area (Å²) in [4.78, 5) is 13.3. The van der Waals surface area contributed by atoms with Gasteiger partial charge in [0, 0.05) is 26.1 Å². The molecule has 0 aliphatic heterocycles. The van der Waals surface area contributed by atoms with E-state index in [1.165, 1.54) is 0 Å². The van der Waals surface area contributed by atoms with Crippen molar-refractivity contribution in [3.05, 3.63) is 0 Å². The van der Waals surface area contributed by atoms with E-state index in [1.54, 1.807) is 13.8 Å². The molecule has 0 radical (unpaired) electrons. The number of likely N-dealkylation sites (N-methyl/N-ethyl adjacent to an activating group) is 1. The lowest BCUT2D eigenvalue weighted by Crippen LogP contribution is -2.40. The van der Waals surface area contributed by atoms with Crippen LogP contribution in [0.25, 0.3) is 0 Å². The molecule has 0 aromatic rings. The minimum Gasteiger partial charge on any atom is -0.389 e. The molecule has 0 saturated carbocycles. The molecular weight excluding hydrogens is 192 g/mol. The maximum atomic E-state index is 11.2. The number of carbonyl (C=O) groups is 1. The van der Waals surface area contributed by atoms with Crippen LogP contribution in [0.5, 0.6) is 0 Å². The van der Waals surface area contributed by atoms with Gasteiger partial charge in [0.05, 0.1) is 5.60 Å². The summed E-state index contributed by atoms with van der Waals surface area (Å²) in [5.41, 5.74) is -0.697. The van der Waals surface area contributed by atoms with Gasteiger partial charge in [0.15, 0.2) is 0 Å². The van der Waals surface area contributed by atoms with Crippen LogP contribution in [0.4, 0.5) is 0 Å². The van der Waals surface area contributed by atoms with Gasteiger partial charge in [0.25, 0.3) is 0 Å². The molecule has 1 amide bonds. The van der Waals surface area contributed by atoms with Gasteiger partial charge in [-0.25, -0.2) is 0 Å². The molecule has 90 valence electrons. The second-order valence-corrected chi connectivity index (χ2v) is 4.38. The van der Waals surface area contributed by atoms with Crippen molar-refractivity contribution in [3.8, 4) is 0 Å². The second-order valence-electron chi connectivity index (χ2n) is 4.38. The first-order chi connectivity index (χ1) is 6.89. The van der Waals surface area contributed by atoms with Gasteiger partial charge in [-0.1, -0.05) is 6.92 Å². The van der Waals surface area contributed by atoms with E-state index in [9.17, 15) is 9.90 Å². The average molecular weight is 216 g/mol. The lowest BCUT2D eigenvalue weighted by atomic mass is 10.1. The van der Waals surface area contributed by atoms with Crippen molar-refractivity contribution in [1.82, 2.24) is 10.2 Å². The minimum atomic E-state index is -0.697. The lowest BCUT2D eigenvalue weighted by Gasteiger charge is -2.27. The van der Waals surface area contributed by atoms with E-state index in [2.05, 4.69) is 10.2 Å². The molecule has 0 aromatic carbocycles. The summed E-state index contributed by atoms with van der Waals surface area (Å²) in [5.74, 6) is 0.0756. The van der Waals surface area contributed by atoms with Crippen LogP contribution >= 0.6 is 0 Å². The zero-order chi connectivity index (χ0) is 11.9. The number of nitrogens with zero attached hydrogens (tertiary/aromatic N) is 1. The second kappa shape index (κ2) is 6.80. The van der Waals surface area contributed by atoms with Gasteiger partial charge < -0.3 is 15.3 Å². The predicted molar refractivity (Wildman–Crippen MR) is 61.7 cm³/mol. The standard InChI is InChI=1S/C11H24N2O2/c1-5-12-10(14)7-8-13(6-2)9-11(3,4)15/h15H,5-9H2,1-4H3,(H,12,14). The summed E-state index contributed by atoms with van der Waals surface area (Å²) < 4.78 is 0.